The molecule has 2 aromatic rings. The average molecular weight is 456 g/mol. The van der Waals surface area contributed by atoms with Crippen LogP contribution in [0.3, 0.4) is 0 Å². The van der Waals surface area contributed by atoms with Gasteiger partial charge in [0.25, 0.3) is 5.91 Å². The Bertz CT molecular complexity index is 898. The lowest BCUT2D eigenvalue weighted by Crippen LogP contribution is -2.53. The molecule has 32 heavy (non-hydrogen) atoms. The number of rotatable bonds is 6. The third kappa shape index (κ3) is 5.81. The van der Waals surface area contributed by atoms with E-state index in [0.717, 1.165) is 51.3 Å². The lowest BCUT2D eigenvalue weighted by atomic mass is 9.95. The summed E-state index contributed by atoms with van der Waals surface area (Å²) >= 11 is 5.93. The van der Waals surface area contributed by atoms with Gasteiger partial charge in [-0.2, -0.15) is 0 Å². The Hall–Kier alpha value is -2.57. The molecule has 0 unspecified atom stereocenters. The van der Waals surface area contributed by atoms with Crippen LogP contribution in [0.2, 0.25) is 5.02 Å². The monoisotopic (exact) mass is 455 g/mol. The van der Waals surface area contributed by atoms with Gasteiger partial charge in [-0.25, -0.2) is 0 Å². The largest absolute Gasteiger partial charge is 0.492 e. The number of nitrogens with zero attached hydrogens (tertiary/aromatic N) is 3. The fourth-order valence-electron chi connectivity index (χ4n) is 4.40. The number of benzene rings is 2. The molecule has 6 nitrogen and oxygen atoms in total. The van der Waals surface area contributed by atoms with Crippen molar-refractivity contribution in [2.45, 2.75) is 12.8 Å². The molecule has 0 bridgehead atoms. The van der Waals surface area contributed by atoms with Crippen LogP contribution in [-0.2, 0) is 4.79 Å². The number of halogens is 1. The van der Waals surface area contributed by atoms with E-state index < -0.39 is 0 Å². The molecule has 7 heteroatoms. The van der Waals surface area contributed by atoms with E-state index in [1.807, 2.05) is 40.1 Å². The second-order valence-corrected chi connectivity index (χ2v) is 8.86. The zero-order valence-corrected chi connectivity index (χ0v) is 19.0. The highest BCUT2D eigenvalue weighted by molar-refractivity contribution is 6.30. The fourth-order valence-corrected chi connectivity index (χ4v) is 4.52. The summed E-state index contributed by atoms with van der Waals surface area (Å²) in [6.45, 7) is 5.84. The summed E-state index contributed by atoms with van der Waals surface area (Å²) in [5.41, 5.74) is 0.619. The zero-order chi connectivity index (χ0) is 22.3. The number of likely N-dealkylation sites (tertiary alicyclic amines) is 1. The molecule has 2 fully saturated rings. The molecule has 0 N–H and O–H groups in total. The molecule has 4 rings (SSSR count). The second kappa shape index (κ2) is 10.8. The van der Waals surface area contributed by atoms with Crippen LogP contribution in [0.1, 0.15) is 23.2 Å². The summed E-state index contributed by atoms with van der Waals surface area (Å²) in [6.07, 6.45) is 1.70. The summed E-state index contributed by atoms with van der Waals surface area (Å²) in [6, 6.07) is 16.8. The van der Waals surface area contributed by atoms with Gasteiger partial charge in [0, 0.05) is 56.4 Å². The molecule has 0 radical (unpaired) electrons. The Labute approximate surface area is 194 Å². The summed E-state index contributed by atoms with van der Waals surface area (Å²) in [7, 11) is 0. The maximum absolute atomic E-state index is 13.1. The standard InChI is InChI=1S/C25H30ClN3O3/c26-22-10-8-20(9-11-22)24(30)29-12-4-5-21(19-29)25(31)28-15-13-27(14-16-28)17-18-32-23-6-2-1-3-7-23/h1-3,6-11,21H,4-5,12-19H2/t21-/m0/s1. The van der Waals surface area contributed by atoms with Crippen LogP contribution >= 0.6 is 11.6 Å². The summed E-state index contributed by atoms with van der Waals surface area (Å²) in [5, 5.41) is 0.610. The Kier molecular flexibility index (Phi) is 7.66. The number of carbonyl (C=O) groups is 2. The third-order valence-corrected chi connectivity index (χ3v) is 6.50. The number of hydrogen-bond acceptors (Lipinski definition) is 4. The van der Waals surface area contributed by atoms with E-state index in [4.69, 9.17) is 16.3 Å². The SMILES string of the molecule is O=C(c1ccc(Cl)cc1)N1CCC[C@H](C(=O)N2CCN(CCOc3ccccc3)CC2)C1. The van der Waals surface area contributed by atoms with E-state index in [1.165, 1.54) is 0 Å². The number of piperidine rings is 1. The van der Waals surface area contributed by atoms with Gasteiger partial charge in [-0.15, -0.1) is 0 Å². The quantitative estimate of drug-likeness (QED) is 0.669. The van der Waals surface area contributed by atoms with Crippen LogP contribution in [-0.4, -0.2) is 78.9 Å². The number of hydrogen-bond donors (Lipinski definition) is 0. The summed E-state index contributed by atoms with van der Waals surface area (Å²) in [4.78, 5) is 32.1. The van der Waals surface area contributed by atoms with E-state index in [1.54, 1.807) is 24.3 Å². The van der Waals surface area contributed by atoms with Gasteiger partial charge in [0.15, 0.2) is 0 Å². The first-order valence-electron chi connectivity index (χ1n) is 11.3. The smallest absolute Gasteiger partial charge is 0.253 e. The zero-order valence-electron chi connectivity index (χ0n) is 18.3. The lowest BCUT2D eigenvalue weighted by Gasteiger charge is -2.39. The average Bonchev–Trinajstić information content (AvgIpc) is 2.85. The van der Waals surface area contributed by atoms with Crippen LogP contribution in [0.25, 0.3) is 0 Å². The molecule has 2 amide bonds. The summed E-state index contributed by atoms with van der Waals surface area (Å²) < 4.78 is 5.79. The molecular weight excluding hydrogens is 426 g/mol. The van der Waals surface area contributed by atoms with Crippen molar-refractivity contribution in [2.75, 3.05) is 52.4 Å². The number of ether oxygens (including phenoxy) is 1. The molecule has 170 valence electrons. The molecule has 2 heterocycles. The van der Waals surface area contributed by atoms with Gasteiger partial charge in [-0.3, -0.25) is 14.5 Å². The van der Waals surface area contributed by atoms with E-state index in [2.05, 4.69) is 4.90 Å². The van der Waals surface area contributed by atoms with E-state index in [0.29, 0.717) is 30.3 Å². The van der Waals surface area contributed by atoms with Crippen molar-refractivity contribution in [2.24, 2.45) is 5.92 Å². The van der Waals surface area contributed by atoms with Crippen molar-refractivity contribution < 1.29 is 14.3 Å². The molecule has 2 aliphatic heterocycles. The molecule has 0 aliphatic carbocycles. The van der Waals surface area contributed by atoms with Crippen molar-refractivity contribution in [3.63, 3.8) is 0 Å². The minimum absolute atomic E-state index is 0.0256. The predicted molar refractivity (Wildman–Crippen MR) is 125 cm³/mol. The van der Waals surface area contributed by atoms with Gasteiger partial charge < -0.3 is 14.5 Å². The molecule has 1 atom stereocenters. The van der Waals surface area contributed by atoms with E-state index >= 15 is 0 Å². The number of amides is 2. The van der Waals surface area contributed by atoms with E-state index in [-0.39, 0.29) is 17.7 Å². The Morgan fingerprint density at radius 1 is 0.906 bits per heavy atom. The van der Waals surface area contributed by atoms with Crippen molar-refractivity contribution in [1.29, 1.82) is 0 Å². The van der Waals surface area contributed by atoms with Gasteiger partial charge in [0.05, 0.1) is 5.92 Å². The number of carbonyl (C=O) groups excluding carboxylic acids is 2. The Balaban J connectivity index is 1.23. The highest BCUT2D eigenvalue weighted by Crippen LogP contribution is 2.22. The molecule has 2 saturated heterocycles. The van der Waals surface area contributed by atoms with Crippen LogP contribution in [0.4, 0.5) is 0 Å². The van der Waals surface area contributed by atoms with Gasteiger partial charge in [0.2, 0.25) is 5.91 Å². The maximum Gasteiger partial charge on any atom is 0.253 e. The van der Waals surface area contributed by atoms with Gasteiger partial charge in [-0.1, -0.05) is 29.8 Å². The Morgan fingerprint density at radius 2 is 1.62 bits per heavy atom. The van der Waals surface area contributed by atoms with Gasteiger partial charge in [-0.05, 0) is 49.2 Å². The molecule has 2 aliphatic rings. The summed E-state index contributed by atoms with van der Waals surface area (Å²) in [5.74, 6) is 0.922. The molecule has 2 aromatic carbocycles. The second-order valence-electron chi connectivity index (χ2n) is 8.43. The van der Waals surface area contributed by atoms with Crippen molar-refractivity contribution in [1.82, 2.24) is 14.7 Å². The first kappa shape index (κ1) is 22.6. The maximum atomic E-state index is 13.1. The highest BCUT2D eigenvalue weighted by atomic mass is 35.5. The molecule has 0 spiro atoms. The molecule has 0 aromatic heterocycles. The minimum Gasteiger partial charge on any atom is -0.492 e. The van der Waals surface area contributed by atoms with Crippen LogP contribution < -0.4 is 4.74 Å². The van der Waals surface area contributed by atoms with Crippen LogP contribution in [0, 0.1) is 5.92 Å². The number of piperazine rings is 1. The topological polar surface area (TPSA) is 53.1 Å². The van der Waals surface area contributed by atoms with Gasteiger partial charge in [0.1, 0.15) is 12.4 Å². The minimum atomic E-state index is -0.118. The predicted octanol–water partition coefficient (Wildman–Crippen LogP) is 3.42. The third-order valence-electron chi connectivity index (χ3n) is 6.25. The lowest BCUT2D eigenvalue weighted by molar-refractivity contribution is -0.138. The normalized spacial score (nSPS) is 19.6. The van der Waals surface area contributed by atoms with E-state index in [9.17, 15) is 9.59 Å². The van der Waals surface area contributed by atoms with Crippen molar-refractivity contribution in [3.05, 3.63) is 65.2 Å². The van der Waals surface area contributed by atoms with Crippen molar-refractivity contribution >= 4 is 23.4 Å². The fraction of sp³-hybridized carbons (Fsp3) is 0.440. The first-order valence-corrected chi connectivity index (χ1v) is 11.7. The number of para-hydroxylation sites is 1. The van der Waals surface area contributed by atoms with Crippen molar-refractivity contribution in [3.8, 4) is 5.75 Å². The molecule has 0 saturated carbocycles. The van der Waals surface area contributed by atoms with Gasteiger partial charge >= 0.3 is 0 Å². The van der Waals surface area contributed by atoms with Crippen LogP contribution in [0.5, 0.6) is 5.75 Å². The Morgan fingerprint density at radius 3 is 2.34 bits per heavy atom. The van der Waals surface area contributed by atoms with Crippen LogP contribution in [0.15, 0.2) is 54.6 Å². The first-order chi connectivity index (χ1) is 15.6. The highest BCUT2D eigenvalue weighted by Gasteiger charge is 2.32. The molecular formula is C25H30ClN3O3.